The average molecular weight is 519 g/mol. The molecule has 4 aliphatic rings. The number of fused-ring (bicyclic) bond motifs is 2. The zero-order chi connectivity index (χ0) is 26.0. The van der Waals surface area contributed by atoms with Crippen molar-refractivity contribution in [3.63, 3.8) is 0 Å². The van der Waals surface area contributed by atoms with Gasteiger partial charge in [0.2, 0.25) is 11.6 Å². The summed E-state index contributed by atoms with van der Waals surface area (Å²) in [7, 11) is 3.59. The van der Waals surface area contributed by atoms with Crippen LogP contribution in [0.2, 0.25) is 0 Å². The lowest BCUT2D eigenvalue weighted by Crippen LogP contribution is -2.37. The number of aliphatic imine (C=N–C) groups is 2. The number of nitriles is 2. The predicted molar refractivity (Wildman–Crippen MR) is 150 cm³/mol. The zero-order valence-corrected chi connectivity index (χ0v) is 22.2. The van der Waals surface area contributed by atoms with Gasteiger partial charge in [-0.05, 0) is 36.8 Å². The van der Waals surface area contributed by atoms with Crippen LogP contribution in [0.5, 0.6) is 0 Å². The van der Waals surface area contributed by atoms with E-state index in [1.54, 1.807) is 12.2 Å². The highest BCUT2D eigenvalue weighted by molar-refractivity contribution is 8.17. The third-order valence-electron chi connectivity index (χ3n) is 6.33. The van der Waals surface area contributed by atoms with Crippen LogP contribution >= 0.6 is 21.0 Å². The van der Waals surface area contributed by atoms with E-state index in [2.05, 4.69) is 32.3 Å². The Morgan fingerprint density at radius 1 is 0.806 bits per heavy atom. The monoisotopic (exact) mass is 518 g/mol. The summed E-state index contributed by atoms with van der Waals surface area (Å²) in [5.74, 6) is 1.60. The van der Waals surface area contributed by atoms with E-state index in [1.165, 1.54) is 12.4 Å². The molecule has 0 bridgehead atoms. The van der Waals surface area contributed by atoms with Gasteiger partial charge in [-0.3, -0.25) is 9.59 Å². The van der Waals surface area contributed by atoms with Crippen molar-refractivity contribution in [2.75, 3.05) is 51.2 Å². The first-order valence-electron chi connectivity index (χ1n) is 11.2. The number of rotatable bonds is 4. The number of carbonyl (C=O) groups excluding carboxylic acids is 2. The van der Waals surface area contributed by atoms with Crippen LogP contribution in [0.3, 0.4) is 0 Å². The molecule has 0 aromatic rings. The Morgan fingerprint density at radius 2 is 1.19 bits per heavy atom. The molecular formula is C26H26N6O2S2. The zero-order valence-electron chi connectivity index (χ0n) is 20.6. The molecule has 2 heterocycles. The van der Waals surface area contributed by atoms with Crippen LogP contribution in [-0.2, 0) is 9.59 Å². The molecule has 184 valence electrons. The standard InChI is InChI=1S/C26H26N6O2S2/c1-31-9-11-35(3)25-21(31)7-5-17(23(25)33)15-29-19(13-27)20(14-28)30-16-18-6-8-22-26(24(18)34)36(4)12-10-32(22)2/h5-8,15-16H,9-12H2,1-4H3/b20-19+,29-15?,30-16?. The Balaban J connectivity index is 1.62. The number of ketones is 2. The molecule has 8 nitrogen and oxygen atoms in total. The van der Waals surface area contributed by atoms with Gasteiger partial charge in [-0.2, -0.15) is 31.5 Å². The highest BCUT2D eigenvalue weighted by Gasteiger charge is 2.29. The van der Waals surface area contributed by atoms with Crippen molar-refractivity contribution in [1.82, 2.24) is 9.80 Å². The molecule has 2 aliphatic carbocycles. The maximum absolute atomic E-state index is 13.1. The highest BCUT2D eigenvalue weighted by atomic mass is 32.2. The summed E-state index contributed by atoms with van der Waals surface area (Å²) in [5, 5.41) is 19.2. The molecule has 0 spiro atoms. The topological polar surface area (TPSA) is 113 Å². The van der Waals surface area contributed by atoms with Crippen LogP contribution in [0.25, 0.3) is 0 Å². The number of Topliss-reactive ketones (excluding diaryl/α,β-unsaturated/α-hetero) is 2. The molecule has 2 atom stereocenters. The number of nitrogens with zero attached hydrogens (tertiary/aromatic N) is 6. The lowest BCUT2D eigenvalue weighted by Gasteiger charge is -2.32. The fraction of sp³-hybridized carbons (Fsp3) is 0.308. The second-order valence-corrected chi connectivity index (χ2v) is 12.8. The fourth-order valence-electron chi connectivity index (χ4n) is 4.16. The molecule has 0 saturated heterocycles. The molecule has 0 fully saturated rings. The minimum Gasteiger partial charge on any atom is -0.373 e. The van der Waals surface area contributed by atoms with E-state index in [0.29, 0.717) is 11.1 Å². The van der Waals surface area contributed by atoms with Gasteiger partial charge in [0, 0.05) is 62.3 Å². The minimum atomic E-state index is -0.223. The first kappa shape index (κ1) is 25.5. The SMILES string of the molecule is CN1CCS(C)=C2C(=O)C(C=N/C(C#N)=C(\C#N)N=CC3=CC=C4C(=S(C)CCN4C)C3=O)=CC=C21. The van der Waals surface area contributed by atoms with Gasteiger partial charge in [-0.1, -0.05) is 0 Å². The summed E-state index contributed by atoms with van der Waals surface area (Å²) in [6, 6.07) is 3.78. The third kappa shape index (κ3) is 4.75. The molecule has 2 aliphatic heterocycles. The normalized spacial score (nSPS) is 24.9. The van der Waals surface area contributed by atoms with Crippen LogP contribution in [0.4, 0.5) is 0 Å². The molecule has 2 unspecified atom stereocenters. The van der Waals surface area contributed by atoms with Crippen molar-refractivity contribution in [1.29, 1.82) is 10.5 Å². The Kier molecular flexibility index (Phi) is 7.48. The van der Waals surface area contributed by atoms with E-state index < -0.39 is 0 Å². The van der Waals surface area contributed by atoms with Gasteiger partial charge in [-0.15, -0.1) is 0 Å². The fourth-order valence-corrected chi connectivity index (χ4v) is 7.69. The lowest BCUT2D eigenvalue weighted by atomic mass is 10.0. The second kappa shape index (κ2) is 10.6. The van der Waals surface area contributed by atoms with Gasteiger partial charge in [-0.25, -0.2) is 9.98 Å². The van der Waals surface area contributed by atoms with E-state index in [0.717, 1.165) is 45.7 Å². The summed E-state index contributed by atoms with van der Waals surface area (Å²) in [6.07, 6.45) is 13.9. The van der Waals surface area contributed by atoms with Gasteiger partial charge in [0.15, 0.2) is 11.4 Å². The number of carbonyl (C=O) groups is 2. The maximum Gasteiger partial charge on any atom is 0.202 e. The average Bonchev–Trinajstić information content (AvgIpc) is 2.87. The minimum absolute atomic E-state index is 0.113. The van der Waals surface area contributed by atoms with Crippen molar-refractivity contribution in [2.24, 2.45) is 9.98 Å². The van der Waals surface area contributed by atoms with Crippen LogP contribution in [-0.4, -0.2) is 94.7 Å². The Labute approximate surface area is 215 Å². The summed E-state index contributed by atoms with van der Waals surface area (Å²) in [6.45, 7) is 1.80. The summed E-state index contributed by atoms with van der Waals surface area (Å²) >= 11 is 0. The molecule has 4 rings (SSSR count). The summed E-state index contributed by atoms with van der Waals surface area (Å²) in [5.41, 5.74) is 2.11. The van der Waals surface area contributed by atoms with Gasteiger partial charge >= 0.3 is 0 Å². The van der Waals surface area contributed by atoms with Crippen molar-refractivity contribution in [3.8, 4) is 12.1 Å². The van der Waals surface area contributed by atoms with E-state index in [4.69, 9.17) is 0 Å². The molecular weight excluding hydrogens is 492 g/mol. The van der Waals surface area contributed by atoms with E-state index in [1.807, 2.05) is 38.4 Å². The van der Waals surface area contributed by atoms with Gasteiger partial charge in [0.05, 0.1) is 21.1 Å². The van der Waals surface area contributed by atoms with Crippen LogP contribution in [0, 0.1) is 22.7 Å². The van der Waals surface area contributed by atoms with Gasteiger partial charge in [0.1, 0.15) is 12.1 Å². The van der Waals surface area contributed by atoms with Crippen LogP contribution in [0.15, 0.2) is 68.2 Å². The molecule has 0 radical (unpaired) electrons. The quantitative estimate of drug-likeness (QED) is 0.320. The van der Waals surface area contributed by atoms with Crippen LogP contribution < -0.4 is 0 Å². The number of hydrogen-bond donors (Lipinski definition) is 0. The molecule has 0 aromatic heterocycles. The molecule has 36 heavy (non-hydrogen) atoms. The van der Waals surface area contributed by atoms with Gasteiger partial charge in [0.25, 0.3) is 0 Å². The van der Waals surface area contributed by atoms with E-state index >= 15 is 0 Å². The Bertz CT molecular complexity index is 1330. The van der Waals surface area contributed by atoms with E-state index in [9.17, 15) is 20.1 Å². The summed E-state index contributed by atoms with van der Waals surface area (Å²) in [4.78, 5) is 40.1. The number of hydrogen-bond acceptors (Lipinski definition) is 8. The van der Waals surface area contributed by atoms with Crippen molar-refractivity contribution >= 4 is 54.7 Å². The molecule has 0 N–H and O–H groups in total. The summed E-state index contributed by atoms with van der Waals surface area (Å²) < 4.78 is 0. The number of allylic oxidation sites excluding steroid dienone is 10. The third-order valence-corrected chi connectivity index (χ3v) is 10.1. The molecule has 0 saturated carbocycles. The highest BCUT2D eigenvalue weighted by Crippen LogP contribution is 2.29. The second-order valence-electron chi connectivity index (χ2n) is 8.63. The van der Waals surface area contributed by atoms with E-state index in [-0.39, 0.29) is 43.9 Å². The Morgan fingerprint density at radius 3 is 1.56 bits per heavy atom. The maximum atomic E-state index is 13.1. The smallest absolute Gasteiger partial charge is 0.202 e. The van der Waals surface area contributed by atoms with Crippen molar-refractivity contribution < 1.29 is 9.59 Å². The molecule has 0 aromatic carbocycles. The molecule has 10 heteroatoms. The first-order valence-corrected chi connectivity index (χ1v) is 14.8. The molecule has 0 amide bonds. The lowest BCUT2D eigenvalue weighted by molar-refractivity contribution is -0.110. The largest absolute Gasteiger partial charge is 0.373 e. The van der Waals surface area contributed by atoms with Gasteiger partial charge < -0.3 is 9.80 Å². The van der Waals surface area contributed by atoms with Crippen molar-refractivity contribution in [2.45, 2.75) is 0 Å². The first-order chi connectivity index (χ1) is 17.3. The van der Waals surface area contributed by atoms with Crippen molar-refractivity contribution in [3.05, 3.63) is 58.2 Å². The predicted octanol–water partition coefficient (Wildman–Crippen LogP) is 2.21. The van der Waals surface area contributed by atoms with Crippen LogP contribution in [0.1, 0.15) is 0 Å². The Hall–Kier alpha value is -3.60.